The van der Waals surface area contributed by atoms with Gasteiger partial charge in [0.25, 0.3) is 5.91 Å². The molecule has 0 unspecified atom stereocenters. The summed E-state index contributed by atoms with van der Waals surface area (Å²) in [6.07, 6.45) is 1.54. The second kappa shape index (κ2) is 5.92. The van der Waals surface area contributed by atoms with E-state index in [0.29, 0.717) is 16.9 Å². The Morgan fingerprint density at radius 1 is 1.43 bits per heavy atom. The fourth-order valence-corrected chi connectivity index (χ4v) is 2.02. The van der Waals surface area contributed by atoms with Crippen molar-refractivity contribution in [2.75, 3.05) is 24.3 Å². The standard InChI is InChI=1S/C14H17N5OS/c1-18(2)10-6-4-5-9(7-10)14(20)17-13-11(12(15)21)8-16-19(13)3/h4-8H,1-3H3,(H2,15,21)(H,17,20). The molecule has 0 aliphatic carbocycles. The molecular weight excluding hydrogens is 286 g/mol. The van der Waals surface area contributed by atoms with E-state index < -0.39 is 0 Å². The molecule has 1 amide bonds. The van der Waals surface area contributed by atoms with Crippen LogP contribution in [0.15, 0.2) is 30.5 Å². The molecule has 0 aliphatic rings. The van der Waals surface area contributed by atoms with Crippen molar-refractivity contribution in [2.45, 2.75) is 0 Å². The number of hydrogen-bond donors (Lipinski definition) is 2. The Kier molecular flexibility index (Phi) is 4.23. The summed E-state index contributed by atoms with van der Waals surface area (Å²) in [5, 5.41) is 6.85. The molecule has 0 saturated carbocycles. The number of carbonyl (C=O) groups excluding carboxylic acids is 1. The smallest absolute Gasteiger partial charge is 0.256 e. The number of carbonyl (C=O) groups is 1. The van der Waals surface area contributed by atoms with Crippen LogP contribution < -0.4 is 16.0 Å². The first kappa shape index (κ1) is 15.0. The lowest BCUT2D eigenvalue weighted by Crippen LogP contribution is -2.19. The van der Waals surface area contributed by atoms with Gasteiger partial charge < -0.3 is 16.0 Å². The lowest BCUT2D eigenvalue weighted by Gasteiger charge is -2.14. The van der Waals surface area contributed by atoms with Crippen LogP contribution in [0.25, 0.3) is 0 Å². The van der Waals surface area contributed by atoms with Crippen LogP contribution in [0.5, 0.6) is 0 Å². The highest BCUT2D eigenvalue weighted by Crippen LogP contribution is 2.17. The average Bonchev–Trinajstić information content (AvgIpc) is 2.80. The van der Waals surface area contributed by atoms with Gasteiger partial charge in [-0.1, -0.05) is 18.3 Å². The van der Waals surface area contributed by atoms with E-state index in [1.807, 2.05) is 37.2 Å². The van der Waals surface area contributed by atoms with Crippen molar-refractivity contribution >= 4 is 34.6 Å². The molecule has 0 fully saturated rings. The fraction of sp³-hybridized carbons (Fsp3) is 0.214. The van der Waals surface area contributed by atoms with Crippen molar-refractivity contribution in [1.29, 1.82) is 0 Å². The summed E-state index contributed by atoms with van der Waals surface area (Å²) in [6, 6.07) is 7.33. The summed E-state index contributed by atoms with van der Waals surface area (Å²) in [6.45, 7) is 0. The Balaban J connectivity index is 2.28. The van der Waals surface area contributed by atoms with Crippen molar-refractivity contribution in [3.05, 3.63) is 41.6 Å². The van der Waals surface area contributed by atoms with Gasteiger partial charge in [0.1, 0.15) is 10.8 Å². The number of rotatable bonds is 4. The van der Waals surface area contributed by atoms with Crippen molar-refractivity contribution in [3.8, 4) is 0 Å². The Morgan fingerprint density at radius 2 is 2.14 bits per heavy atom. The molecule has 1 heterocycles. The molecule has 0 radical (unpaired) electrons. The van der Waals surface area contributed by atoms with E-state index in [1.165, 1.54) is 10.9 Å². The van der Waals surface area contributed by atoms with E-state index >= 15 is 0 Å². The van der Waals surface area contributed by atoms with Crippen LogP contribution in [0.2, 0.25) is 0 Å². The van der Waals surface area contributed by atoms with Gasteiger partial charge in [0, 0.05) is 32.4 Å². The van der Waals surface area contributed by atoms with Gasteiger partial charge in [-0.2, -0.15) is 5.10 Å². The second-order valence-corrected chi connectivity index (χ2v) is 5.23. The maximum absolute atomic E-state index is 12.4. The summed E-state index contributed by atoms with van der Waals surface area (Å²) < 4.78 is 1.53. The summed E-state index contributed by atoms with van der Waals surface area (Å²) >= 11 is 4.95. The highest BCUT2D eigenvalue weighted by molar-refractivity contribution is 7.80. The largest absolute Gasteiger partial charge is 0.389 e. The zero-order valence-electron chi connectivity index (χ0n) is 12.1. The van der Waals surface area contributed by atoms with Crippen LogP contribution in [0, 0.1) is 0 Å². The number of nitrogens with zero attached hydrogens (tertiary/aromatic N) is 3. The average molecular weight is 303 g/mol. The second-order valence-electron chi connectivity index (χ2n) is 4.79. The third kappa shape index (κ3) is 3.19. The number of nitrogens with two attached hydrogens (primary N) is 1. The predicted molar refractivity (Wildman–Crippen MR) is 87.8 cm³/mol. The van der Waals surface area contributed by atoms with Crippen LogP contribution >= 0.6 is 12.2 Å². The highest BCUT2D eigenvalue weighted by atomic mass is 32.1. The number of anilines is 2. The molecule has 3 N–H and O–H groups in total. The summed E-state index contributed by atoms with van der Waals surface area (Å²) in [7, 11) is 5.56. The fourth-order valence-electron chi connectivity index (χ4n) is 1.87. The Labute approximate surface area is 128 Å². The topological polar surface area (TPSA) is 76.2 Å². The van der Waals surface area contributed by atoms with Crippen molar-refractivity contribution in [1.82, 2.24) is 9.78 Å². The third-order valence-electron chi connectivity index (χ3n) is 3.06. The molecule has 2 rings (SSSR count). The van der Waals surface area contributed by atoms with Gasteiger partial charge in [0.05, 0.1) is 11.8 Å². The quantitative estimate of drug-likeness (QED) is 0.834. The molecule has 0 aliphatic heterocycles. The van der Waals surface area contributed by atoms with Crippen molar-refractivity contribution in [3.63, 3.8) is 0 Å². The van der Waals surface area contributed by atoms with E-state index in [-0.39, 0.29) is 10.9 Å². The number of thiocarbonyl (C=S) groups is 1. The minimum Gasteiger partial charge on any atom is -0.389 e. The Hall–Kier alpha value is -2.41. The lowest BCUT2D eigenvalue weighted by atomic mass is 10.1. The number of hydrogen-bond acceptors (Lipinski definition) is 4. The molecule has 7 heteroatoms. The monoisotopic (exact) mass is 303 g/mol. The van der Waals surface area contributed by atoms with E-state index in [2.05, 4.69) is 10.4 Å². The maximum atomic E-state index is 12.4. The number of nitrogens with one attached hydrogen (secondary N) is 1. The highest BCUT2D eigenvalue weighted by Gasteiger charge is 2.15. The molecule has 0 spiro atoms. The van der Waals surface area contributed by atoms with Crippen molar-refractivity contribution in [2.24, 2.45) is 12.8 Å². The van der Waals surface area contributed by atoms with E-state index in [1.54, 1.807) is 13.1 Å². The van der Waals surface area contributed by atoms with Gasteiger partial charge in [0.2, 0.25) is 0 Å². The summed E-state index contributed by atoms with van der Waals surface area (Å²) in [5.41, 5.74) is 7.67. The molecule has 0 bridgehead atoms. The molecule has 6 nitrogen and oxygen atoms in total. The van der Waals surface area contributed by atoms with E-state index in [0.717, 1.165) is 5.69 Å². The molecule has 0 saturated heterocycles. The molecule has 110 valence electrons. The molecule has 0 atom stereocenters. The molecule has 2 aromatic rings. The van der Waals surface area contributed by atoms with Gasteiger partial charge in [0.15, 0.2) is 0 Å². The van der Waals surface area contributed by atoms with Crippen molar-refractivity contribution < 1.29 is 4.79 Å². The van der Waals surface area contributed by atoms with Crippen LogP contribution in [0.3, 0.4) is 0 Å². The molecule has 1 aromatic heterocycles. The van der Waals surface area contributed by atoms with Gasteiger partial charge in [-0.15, -0.1) is 0 Å². The Bertz CT molecular complexity index is 692. The molecule has 1 aromatic carbocycles. The number of aryl methyl sites for hydroxylation is 1. The SMILES string of the molecule is CN(C)c1cccc(C(=O)Nc2c(C(N)=S)cnn2C)c1. The van der Waals surface area contributed by atoms with Gasteiger partial charge >= 0.3 is 0 Å². The first-order chi connectivity index (χ1) is 9.90. The maximum Gasteiger partial charge on any atom is 0.256 e. The molecular formula is C14H17N5OS. The van der Waals surface area contributed by atoms with Gasteiger partial charge in [-0.25, -0.2) is 0 Å². The zero-order valence-corrected chi connectivity index (χ0v) is 12.9. The van der Waals surface area contributed by atoms with Gasteiger partial charge in [-0.05, 0) is 18.2 Å². The normalized spacial score (nSPS) is 10.2. The predicted octanol–water partition coefficient (Wildman–Crippen LogP) is 1.37. The Morgan fingerprint density at radius 3 is 2.76 bits per heavy atom. The van der Waals surface area contributed by atoms with E-state index in [9.17, 15) is 4.79 Å². The number of aromatic nitrogens is 2. The van der Waals surface area contributed by atoms with Crippen LogP contribution in [-0.2, 0) is 7.05 Å². The van der Waals surface area contributed by atoms with Crippen LogP contribution in [0.1, 0.15) is 15.9 Å². The lowest BCUT2D eigenvalue weighted by molar-refractivity contribution is 0.102. The van der Waals surface area contributed by atoms with Crippen LogP contribution in [0.4, 0.5) is 11.5 Å². The minimum absolute atomic E-state index is 0.195. The summed E-state index contributed by atoms with van der Waals surface area (Å²) in [4.78, 5) is 14.5. The molecule has 21 heavy (non-hydrogen) atoms. The summed E-state index contributed by atoms with van der Waals surface area (Å²) in [5.74, 6) is 0.252. The zero-order chi connectivity index (χ0) is 15.6. The number of benzene rings is 1. The number of amides is 1. The van der Waals surface area contributed by atoms with E-state index in [4.69, 9.17) is 18.0 Å². The van der Waals surface area contributed by atoms with Gasteiger partial charge in [-0.3, -0.25) is 9.48 Å². The third-order valence-corrected chi connectivity index (χ3v) is 3.28. The first-order valence-corrected chi connectivity index (χ1v) is 6.71. The van der Waals surface area contributed by atoms with Crippen LogP contribution in [-0.4, -0.2) is 34.8 Å². The minimum atomic E-state index is -0.236. The first-order valence-electron chi connectivity index (χ1n) is 6.30.